The Morgan fingerprint density at radius 3 is 1.29 bits per heavy atom. The van der Waals surface area contributed by atoms with Gasteiger partial charge in [-0.05, 0) is 69.6 Å². The molecule has 2 aliphatic rings. The summed E-state index contributed by atoms with van der Waals surface area (Å²) in [5.41, 5.74) is 0. The Bertz CT molecular complexity index is 103. The maximum atomic E-state index is 2.20. The summed E-state index contributed by atoms with van der Waals surface area (Å²) in [6.45, 7) is 4.41. The molecular formula is C13H16Fe. The van der Waals surface area contributed by atoms with Crippen molar-refractivity contribution in [1.82, 2.24) is 0 Å². The standard InChI is InChI=1S/C8H11.C5H5.Fe/c1-7(2)8-5-3-4-6-8;1-2-4-5-3-1;/h3-7H,1-2H3;1-5H;. The van der Waals surface area contributed by atoms with Gasteiger partial charge in [-0.15, -0.1) is 0 Å². The molecule has 0 aromatic heterocycles. The van der Waals surface area contributed by atoms with Gasteiger partial charge in [0.1, 0.15) is 0 Å². The van der Waals surface area contributed by atoms with Crippen LogP contribution in [-0.2, 0) is 17.1 Å². The van der Waals surface area contributed by atoms with E-state index in [1.807, 2.05) is 32.1 Å². The van der Waals surface area contributed by atoms with Gasteiger partial charge in [-0.1, -0.05) is 13.8 Å². The summed E-state index contributed by atoms with van der Waals surface area (Å²) in [7, 11) is 0. The van der Waals surface area contributed by atoms with Crippen LogP contribution in [0.15, 0.2) is 0 Å². The fourth-order valence-electron chi connectivity index (χ4n) is 1.09. The smallest absolute Gasteiger partial charge is 0 e. The third-order valence-corrected chi connectivity index (χ3v) is 1.91. The van der Waals surface area contributed by atoms with Gasteiger partial charge in [0.25, 0.3) is 0 Å². The SMILES string of the molecule is CC(C)[C]1[CH][CH][CH][CH]1.[CH]1[CH][CH][CH][CH]1.[Fe]. The van der Waals surface area contributed by atoms with Gasteiger partial charge in [0.2, 0.25) is 0 Å². The molecule has 76 valence electrons. The Hall–Kier alpha value is 0.519. The average molecular weight is 228 g/mol. The molecule has 2 aliphatic carbocycles. The predicted octanol–water partition coefficient (Wildman–Crippen LogP) is 3.07. The van der Waals surface area contributed by atoms with Crippen molar-refractivity contribution in [3.8, 4) is 0 Å². The summed E-state index contributed by atoms with van der Waals surface area (Å²) in [5, 5.41) is 0. The molecular weight excluding hydrogens is 212 g/mol. The number of rotatable bonds is 1. The molecule has 0 aliphatic heterocycles. The second kappa shape index (κ2) is 8.80. The van der Waals surface area contributed by atoms with Crippen LogP contribution in [0.1, 0.15) is 13.8 Å². The van der Waals surface area contributed by atoms with E-state index in [0.717, 1.165) is 0 Å². The van der Waals surface area contributed by atoms with Gasteiger partial charge in [0.15, 0.2) is 0 Å². The minimum atomic E-state index is 0. The van der Waals surface area contributed by atoms with Crippen molar-refractivity contribution >= 4 is 0 Å². The van der Waals surface area contributed by atoms with E-state index in [4.69, 9.17) is 0 Å². The molecule has 0 heterocycles. The summed E-state index contributed by atoms with van der Waals surface area (Å²) in [6, 6.07) is 0. The zero-order valence-corrected chi connectivity index (χ0v) is 9.73. The molecule has 2 rings (SSSR count). The molecule has 10 radical (unpaired) electrons. The van der Waals surface area contributed by atoms with Crippen LogP contribution in [0.5, 0.6) is 0 Å². The number of hydrogen-bond donors (Lipinski definition) is 0. The van der Waals surface area contributed by atoms with E-state index in [1.54, 1.807) is 0 Å². The molecule has 1 heteroatoms. The van der Waals surface area contributed by atoms with Crippen LogP contribution in [-0.4, -0.2) is 0 Å². The zero-order valence-electron chi connectivity index (χ0n) is 8.63. The van der Waals surface area contributed by atoms with Crippen LogP contribution in [0.3, 0.4) is 0 Å². The van der Waals surface area contributed by atoms with Crippen molar-refractivity contribution < 1.29 is 17.1 Å². The fraction of sp³-hybridized carbons (Fsp3) is 0.231. The molecule has 0 unspecified atom stereocenters. The molecule has 0 saturated heterocycles. The van der Waals surface area contributed by atoms with Crippen molar-refractivity contribution in [3.05, 3.63) is 63.7 Å². The first kappa shape index (κ1) is 14.5. The molecule has 0 amide bonds. The third kappa shape index (κ3) is 6.09. The molecule has 2 saturated carbocycles. The first-order valence-corrected chi connectivity index (χ1v) is 4.69. The van der Waals surface area contributed by atoms with Gasteiger partial charge < -0.3 is 0 Å². The molecule has 0 aromatic rings. The van der Waals surface area contributed by atoms with Crippen LogP contribution >= 0.6 is 0 Å². The van der Waals surface area contributed by atoms with Crippen molar-refractivity contribution in [2.75, 3.05) is 0 Å². The molecule has 0 N–H and O–H groups in total. The van der Waals surface area contributed by atoms with E-state index in [2.05, 4.69) is 39.5 Å². The topological polar surface area (TPSA) is 0 Å². The van der Waals surface area contributed by atoms with Gasteiger partial charge in [-0.2, -0.15) is 0 Å². The Labute approximate surface area is 101 Å². The second-order valence-corrected chi connectivity index (χ2v) is 3.34. The Kier molecular flexibility index (Phi) is 9.12. The van der Waals surface area contributed by atoms with Crippen molar-refractivity contribution in [1.29, 1.82) is 0 Å². The Morgan fingerprint density at radius 2 is 1.07 bits per heavy atom. The van der Waals surface area contributed by atoms with E-state index in [-0.39, 0.29) is 17.1 Å². The first-order chi connectivity index (χ1) is 6.30. The van der Waals surface area contributed by atoms with E-state index >= 15 is 0 Å². The van der Waals surface area contributed by atoms with Crippen LogP contribution in [0.2, 0.25) is 0 Å². The van der Waals surface area contributed by atoms with Crippen LogP contribution in [0.4, 0.5) is 0 Å². The fourth-order valence-corrected chi connectivity index (χ4v) is 1.09. The summed E-state index contributed by atoms with van der Waals surface area (Å²) < 4.78 is 0. The third-order valence-electron chi connectivity index (χ3n) is 1.91. The van der Waals surface area contributed by atoms with Gasteiger partial charge in [-0.3, -0.25) is 0 Å². The van der Waals surface area contributed by atoms with Crippen molar-refractivity contribution in [2.24, 2.45) is 5.92 Å². The maximum Gasteiger partial charge on any atom is 0 e. The Balaban J connectivity index is 0.000000246. The first-order valence-electron chi connectivity index (χ1n) is 4.69. The summed E-state index contributed by atoms with van der Waals surface area (Å²) in [5.74, 6) is 2.12. The van der Waals surface area contributed by atoms with E-state index in [0.29, 0.717) is 5.92 Å². The van der Waals surface area contributed by atoms with E-state index in [1.165, 1.54) is 5.92 Å². The monoisotopic (exact) mass is 228 g/mol. The van der Waals surface area contributed by atoms with Crippen molar-refractivity contribution in [2.45, 2.75) is 13.8 Å². The molecule has 0 nitrogen and oxygen atoms in total. The minimum Gasteiger partial charge on any atom is -0.0622 e. The Morgan fingerprint density at radius 1 is 0.714 bits per heavy atom. The summed E-state index contributed by atoms with van der Waals surface area (Å²) in [4.78, 5) is 0. The van der Waals surface area contributed by atoms with Gasteiger partial charge in [-0.25, -0.2) is 0 Å². The van der Waals surface area contributed by atoms with Crippen LogP contribution in [0.25, 0.3) is 0 Å². The molecule has 0 aromatic carbocycles. The molecule has 0 bridgehead atoms. The number of hydrogen-bond acceptors (Lipinski definition) is 0. The molecule has 14 heavy (non-hydrogen) atoms. The molecule has 2 fully saturated rings. The van der Waals surface area contributed by atoms with Gasteiger partial charge in [0.05, 0.1) is 0 Å². The maximum absolute atomic E-state index is 2.20. The molecule has 0 atom stereocenters. The quantitative estimate of drug-likeness (QED) is 0.605. The summed E-state index contributed by atoms with van der Waals surface area (Å²) >= 11 is 0. The zero-order chi connectivity index (χ0) is 9.52. The predicted molar refractivity (Wildman–Crippen MR) is 56.8 cm³/mol. The minimum absolute atomic E-state index is 0. The normalized spacial score (nSPS) is 21.6. The average Bonchev–Trinajstić information content (AvgIpc) is 2.82. The van der Waals surface area contributed by atoms with Gasteiger partial charge in [0, 0.05) is 17.1 Å². The largest absolute Gasteiger partial charge is 0.0622 e. The summed E-state index contributed by atoms with van der Waals surface area (Å²) in [6.07, 6.45) is 18.5. The van der Waals surface area contributed by atoms with Crippen molar-refractivity contribution in [3.63, 3.8) is 0 Å². The van der Waals surface area contributed by atoms with E-state index in [9.17, 15) is 0 Å². The van der Waals surface area contributed by atoms with Gasteiger partial charge >= 0.3 is 0 Å². The second-order valence-electron chi connectivity index (χ2n) is 3.34. The van der Waals surface area contributed by atoms with Crippen LogP contribution < -0.4 is 0 Å². The van der Waals surface area contributed by atoms with Crippen LogP contribution in [0, 0.1) is 69.6 Å². The molecule has 0 spiro atoms. The van der Waals surface area contributed by atoms with E-state index < -0.39 is 0 Å².